The fourth-order valence-electron chi connectivity index (χ4n) is 1.66. The Kier molecular flexibility index (Phi) is 12.4. The van der Waals surface area contributed by atoms with E-state index in [4.69, 9.17) is 0 Å². The molecule has 118 valence electrons. The second kappa shape index (κ2) is 10.9. The van der Waals surface area contributed by atoms with Gasteiger partial charge < -0.3 is 0 Å². The van der Waals surface area contributed by atoms with E-state index in [-0.39, 0.29) is 0 Å². The summed E-state index contributed by atoms with van der Waals surface area (Å²) >= 11 is 0. The fourth-order valence-corrected chi connectivity index (χ4v) is 1.66. The summed E-state index contributed by atoms with van der Waals surface area (Å²) in [6, 6.07) is 0. The quantitative estimate of drug-likeness (QED) is 0.338. The molecule has 0 aliphatic carbocycles. The van der Waals surface area contributed by atoms with Crippen molar-refractivity contribution in [2.45, 2.75) is 106 Å². The first kappa shape index (κ1) is 21.5. The summed E-state index contributed by atoms with van der Waals surface area (Å²) in [5.41, 5.74) is 0.503. The summed E-state index contributed by atoms with van der Waals surface area (Å²) in [5, 5.41) is 0. The third-order valence-corrected chi connectivity index (χ3v) is 3.47. The molecule has 0 bridgehead atoms. The summed E-state index contributed by atoms with van der Waals surface area (Å²) in [6.07, 6.45) is 9.97. The summed E-state index contributed by atoms with van der Waals surface area (Å²) in [4.78, 5) is 0. The predicted octanol–water partition coefficient (Wildman–Crippen LogP) is 7.37. The highest BCUT2D eigenvalue weighted by Crippen LogP contribution is 2.29. The Bertz CT molecular complexity index is 177. The molecule has 0 aromatic rings. The second-order valence-electron chi connectivity index (χ2n) is 8.82. The number of hydrogen-bond donors (Lipinski definition) is 0. The molecule has 0 aliphatic heterocycles. The maximum Gasteiger partial charge on any atom is 0.0411 e. The fraction of sp³-hybridized carbons (Fsp3) is 1.00. The van der Waals surface area contributed by atoms with Gasteiger partial charge in [-0.1, -0.05) is 106 Å². The van der Waals surface area contributed by atoms with Gasteiger partial charge in [0.25, 0.3) is 0 Å². The number of hydrogen-bond acceptors (Lipinski definition) is 0. The molecule has 0 nitrogen and oxygen atoms in total. The van der Waals surface area contributed by atoms with E-state index in [9.17, 15) is 0 Å². The van der Waals surface area contributed by atoms with Gasteiger partial charge in [0.15, 0.2) is 0 Å². The van der Waals surface area contributed by atoms with E-state index >= 15 is 0 Å². The molecule has 0 saturated carbocycles. The van der Waals surface area contributed by atoms with Crippen molar-refractivity contribution in [3.63, 3.8) is 0 Å². The van der Waals surface area contributed by atoms with Crippen LogP contribution >= 0.6 is 0 Å². The largest absolute Gasteiger partial charge is 0.0697 e. The van der Waals surface area contributed by atoms with Crippen molar-refractivity contribution in [3.8, 4) is 0 Å². The van der Waals surface area contributed by atoms with Gasteiger partial charge in [-0.15, -0.1) is 0 Å². The molecule has 0 heterocycles. The first-order chi connectivity index (χ1) is 8.48. The molecule has 0 spiro atoms. The lowest BCUT2D eigenvalue weighted by Crippen LogP contribution is -2.16. The lowest BCUT2D eigenvalue weighted by molar-refractivity contribution is 0.240. The zero-order chi connectivity index (χ0) is 15.5. The van der Waals surface area contributed by atoms with Crippen LogP contribution in [0.25, 0.3) is 0 Å². The molecule has 1 heteroatoms. The van der Waals surface area contributed by atoms with Gasteiger partial charge in [0.2, 0.25) is 0 Å². The van der Waals surface area contributed by atoms with Crippen LogP contribution in [0.4, 0.5) is 0 Å². The SMILES string of the molecule is CCCCCCCCC(C)C(C)(C)C.C[Si](C)(C)C. The van der Waals surface area contributed by atoms with Crippen molar-refractivity contribution in [2.24, 2.45) is 11.3 Å². The molecule has 0 aromatic carbocycles. The minimum Gasteiger partial charge on any atom is -0.0697 e. The van der Waals surface area contributed by atoms with Crippen LogP contribution in [-0.2, 0) is 0 Å². The van der Waals surface area contributed by atoms with E-state index in [0.29, 0.717) is 5.41 Å². The van der Waals surface area contributed by atoms with Crippen molar-refractivity contribution < 1.29 is 0 Å². The summed E-state index contributed by atoms with van der Waals surface area (Å²) in [7, 11) is -0.611. The summed E-state index contributed by atoms with van der Waals surface area (Å²) in [6.45, 7) is 21.0. The summed E-state index contributed by atoms with van der Waals surface area (Å²) < 4.78 is 0. The van der Waals surface area contributed by atoms with Crippen molar-refractivity contribution in [2.75, 3.05) is 0 Å². The van der Waals surface area contributed by atoms with Crippen LogP contribution in [0.5, 0.6) is 0 Å². The van der Waals surface area contributed by atoms with Gasteiger partial charge in [0, 0.05) is 8.07 Å². The molecule has 1 atom stereocenters. The third-order valence-electron chi connectivity index (χ3n) is 3.47. The Labute approximate surface area is 125 Å². The molecule has 0 aliphatic rings. The van der Waals surface area contributed by atoms with Gasteiger partial charge in [-0.3, -0.25) is 0 Å². The standard InChI is InChI=1S/C14H30.C4H12Si/c1-6-7-8-9-10-11-12-13(2)14(3,4)5;1-5(2,3)4/h13H,6-12H2,1-5H3;1-4H3. The van der Waals surface area contributed by atoms with Crippen LogP contribution < -0.4 is 0 Å². The Morgan fingerprint density at radius 3 is 1.53 bits per heavy atom. The molecule has 0 rings (SSSR count). The van der Waals surface area contributed by atoms with Gasteiger partial charge in [-0.2, -0.15) is 0 Å². The first-order valence-corrected chi connectivity index (χ1v) is 12.5. The zero-order valence-electron chi connectivity index (χ0n) is 15.5. The summed E-state index contributed by atoms with van der Waals surface area (Å²) in [5.74, 6) is 0.869. The van der Waals surface area contributed by atoms with Crippen molar-refractivity contribution in [1.29, 1.82) is 0 Å². The molecule has 0 radical (unpaired) electrons. The monoisotopic (exact) mass is 286 g/mol. The molecule has 0 N–H and O–H groups in total. The normalized spacial score (nSPS) is 13.7. The van der Waals surface area contributed by atoms with Crippen LogP contribution in [0, 0.1) is 11.3 Å². The Hall–Kier alpha value is 0.217. The van der Waals surface area contributed by atoms with Gasteiger partial charge in [-0.25, -0.2) is 0 Å². The lowest BCUT2D eigenvalue weighted by Gasteiger charge is -2.27. The van der Waals surface area contributed by atoms with E-state index in [2.05, 4.69) is 60.8 Å². The molecule has 0 amide bonds. The van der Waals surface area contributed by atoms with Gasteiger partial charge >= 0.3 is 0 Å². The minimum absolute atomic E-state index is 0.503. The average molecular weight is 287 g/mol. The van der Waals surface area contributed by atoms with Gasteiger partial charge in [0.05, 0.1) is 0 Å². The highest BCUT2D eigenvalue weighted by Gasteiger charge is 2.18. The molecular weight excluding hydrogens is 244 g/mol. The third kappa shape index (κ3) is 23.7. The molecule has 1 unspecified atom stereocenters. The minimum atomic E-state index is -0.611. The van der Waals surface area contributed by atoms with E-state index in [1.165, 1.54) is 44.9 Å². The van der Waals surface area contributed by atoms with E-state index < -0.39 is 8.07 Å². The van der Waals surface area contributed by atoms with Crippen molar-refractivity contribution in [1.82, 2.24) is 0 Å². The number of rotatable bonds is 7. The van der Waals surface area contributed by atoms with Crippen molar-refractivity contribution >= 4 is 8.07 Å². The molecule has 0 fully saturated rings. The Balaban J connectivity index is 0. The van der Waals surface area contributed by atoms with Crippen molar-refractivity contribution in [3.05, 3.63) is 0 Å². The van der Waals surface area contributed by atoms with Crippen LogP contribution in [0.3, 0.4) is 0 Å². The van der Waals surface area contributed by atoms with Crippen LogP contribution in [0.1, 0.15) is 79.6 Å². The van der Waals surface area contributed by atoms with Gasteiger partial charge in [-0.05, 0) is 11.3 Å². The highest BCUT2D eigenvalue weighted by molar-refractivity contribution is 6.74. The highest BCUT2D eigenvalue weighted by atomic mass is 28.3. The molecule has 19 heavy (non-hydrogen) atoms. The topological polar surface area (TPSA) is 0 Å². The maximum atomic E-state index is 2.39. The van der Waals surface area contributed by atoms with Crippen LogP contribution in [0.15, 0.2) is 0 Å². The second-order valence-corrected chi connectivity index (χ2v) is 14.8. The number of unbranched alkanes of at least 4 members (excludes halogenated alkanes) is 5. The molecule has 0 saturated heterocycles. The smallest absolute Gasteiger partial charge is 0.0411 e. The van der Waals surface area contributed by atoms with Gasteiger partial charge in [0.1, 0.15) is 0 Å². The predicted molar refractivity (Wildman–Crippen MR) is 95.8 cm³/mol. The maximum absolute atomic E-state index is 2.39. The lowest BCUT2D eigenvalue weighted by atomic mass is 9.79. The van der Waals surface area contributed by atoms with Crippen LogP contribution in [-0.4, -0.2) is 8.07 Å². The van der Waals surface area contributed by atoms with E-state index in [0.717, 1.165) is 5.92 Å². The van der Waals surface area contributed by atoms with Crippen LogP contribution in [0.2, 0.25) is 26.2 Å². The Morgan fingerprint density at radius 1 is 0.789 bits per heavy atom. The van der Waals surface area contributed by atoms with E-state index in [1.54, 1.807) is 0 Å². The van der Waals surface area contributed by atoms with E-state index in [1.807, 2.05) is 0 Å². The first-order valence-electron chi connectivity index (χ1n) is 8.48. The zero-order valence-corrected chi connectivity index (χ0v) is 16.5. The molecular formula is C18H42Si. The Morgan fingerprint density at radius 2 is 1.16 bits per heavy atom. The average Bonchev–Trinajstić information content (AvgIpc) is 2.19. The molecule has 0 aromatic heterocycles.